The second kappa shape index (κ2) is 4.80. The Morgan fingerprint density at radius 1 is 1.13 bits per heavy atom. The van der Waals surface area contributed by atoms with Crippen molar-refractivity contribution in [2.24, 2.45) is 0 Å². The molecular formula is C14H21N. The maximum atomic E-state index is 3.68. The van der Waals surface area contributed by atoms with Gasteiger partial charge in [-0.3, -0.25) is 0 Å². The minimum atomic E-state index is 0.768. The molecule has 15 heavy (non-hydrogen) atoms. The standard InChI is InChI=1S/C14H21N/c1-11-6-5-7-12(2)14(11)10-15-13-8-3-4-9-13/h5-7,13,15H,3-4,8-10H2,1-2H3. The van der Waals surface area contributed by atoms with Gasteiger partial charge in [0, 0.05) is 12.6 Å². The SMILES string of the molecule is Cc1cccc(C)c1CNC1CCCC1. The lowest BCUT2D eigenvalue weighted by Crippen LogP contribution is -2.26. The van der Waals surface area contributed by atoms with Crippen LogP contribution in [0.1, 0.15) is 42.4 Å². The van der Waals surface area contributed by atoms with Crippen LogP contribution in [0.5, 0.6) is 0 Å². The third kappa shape index (κ3) is 2.60. The van der Waals surface area contributed by atoms with Gasteiger partial charge in [-0.15, -0.1) is 0 Å². The van der Waals surface area contributed by atoms with Gasteiger partial charge < -0.3 is 5.32 Å². The molecular weight excluding hydrogens is 182 g/mol. The molecule has 0 heterocycles. The van der Waals surface area contributed by atoms with Crippen molar-refractivity contribution in [1.29, 1.82) is 0 Å². The van der Waals surface area contributed by atoms with Crippen LogP contribution in [-0.4, -0.2) is 6.04 Å². The first-order valence-electron chi connectivity index (χ1n) is 6.06. The fourth-order valence-corrected chi connectivity index (χ4v) is 2.50. The number of hydrogen-bond donors (Lipinski definition) is 1. The van der Waals surface area contributed by atoms with Crippen molar-refractivity contribution in [1.82, 2.24) is 5.32 Å². The van der Waals surface area contributed by atoms with E-state index in [1.54, 1.807) is 0 Å². The van der Waals surface area contributed by atoms with Crippen molar-refractivity contribution >= 4 is 0 Å². The van der Waals surface area contributed by atoms with Gasteiger partial charge in [0.1, 0.15) is 0 Å². The largest absolute Gasteiger partial charge is 0.310 e. The van der Waals surface area contributed by atoms with Crippen LogP contribution in [0.3, 0.4) is 0 Å². The highest BCUT2D eigenvalue weighted by molar-refractivity contribution is 5.33. The van der Waals surface area contributed by atoms with E-state index in [1.807, 2.05) is 0 Å². The lowest BCUT2D eigenvalue weighted by molar-refractivity contribution is 0.522. The Labute approximate surface area is 92.9 Å². The molecule has 1 heteroatoms. The maximum absolute atomic E-state index is 3.68. The molecule has 1 aromatic carbocycles. The predicted molar refractivity (Wildman–Crippen MR) is 65.0 cm³/mol. The summed E-state index contributed by atoms with van der Waals surface area (Å²) in [5, 5.41) is 3.68. The van der Waals surface area contributed by atoms with Gasteiger partial charge in [-0.05, 0) is 43.4 Å². The zero-order chi connectivity index (χ0) is 10.7. The first-order chi connectivity index (χ1) is 7.27. The molecule has 1 nitrogen and oxygen atoms in total. The van der Waals surface area contributed by atoms with Crippen molar-refractivity contribution in [3.8, 4) is 0 Å². The first kappa shape index (κ1) is 10.7. The molecule has 2 rings (SSSR count). The Kier molecular flexibility index (Phi) is 3.42. The van der Waals surface area contributed by atoms with Crippen molar-refractivity contribution in [3.63, 3.8) is 0 Å². The number of rotatable bonds is 3. The average Bonchev–Trinajstić information content (AvgIpc) is 2.70. The molecule has 0 saturated heterocycles. The summed E-state index contributed by atoms with van der Waals surface area (Å²) in [5.41, 5.74) is 4.32. The number of nitrogens with one attached hydrogen (secondary N) is 1. The van der Waals surface area contributed by atoms with Gasteiger partial charge >= 0.3 is 0 Å². The second-order valence-corrected chi connectivity index (χ2v) is 4.73. The number of benzene rings is 1. The monoisotopic (exact) mass is 203 g/mol. The molecule has 0 spiro atoms. The smallest absolute Gasteiger partial charge is 0.0213 e. The van der Waals surface area contributed by atoms with Crippen LogP contribution in [0.25, 0.3) is 0 Å². The molecule has 0 amide bonds. The Morgan fingerprint density at radius 3 is 2.33 bits per heavy atom. The molecule has 0 atom stereocenters. The molecule has 0 bridgehead atoms. The number of hydrogen-bond acceptors (Lipinski definition) is 1. The van der Waals surface area contributed by atoms with Crippen molar-refractivity contribution in [3.05, 3.63) is 34.9 Å². The van der Waals surface area contributed by atoms with E-state index in [0.717, 1.165) is 12.6 Å². The fourth-order valence-electron chi connectivity index (χ4n) is 2.50. The molecule has 0 unspecified atom stereocenters. The Bertz CT molecular complexity index is 304. The van der Waals surface area contributed by atoms with Crippen LogP contribution >= 0.6 is 0 Å². The molecule has 1 aromatic rings. The summed E-state index contributed by atoms with van der Waals surface area (Å²) >= 11 is 0. The summed E-state index contributed by atoms with van der Waals surface area (Å²) in [4.78, 5) is 0. The maximum Gasteiger partial charge on any atom is 0.0213 e. The van der Waals surface area contributed by atoms with E-state index in [-0.39, 0.29) is 0 Å². The van der Waals surface area contributed by atoms with Crippen LogP contribution in [0.4, 0.5) is 0 Å². The molecule has 82 valence electrons. The molecule has 1 saturated carbocycles. The van der Waals surface area contributed by atoms with E-state index in [2.05, 4.69) is 37.4 Å². The molecule has 0 aromatic heterocycles. The highest BCUT2D eigenvalue weighted by atomic mass is 14.9. The number of aryl methyl sites for hydroxylation is 2. The van der Waals surface area contributed by atoms with Gasteiger partial charge in [-0.2, -0.15) is 0 Å². The van der Waals surface area contributed by atoms with Gasteiger partial charge in [0.25, 0.3) is 0 Å². The lowest BCUT2D eigenvalue weighted by atomic mass is 10.0. The van der Waals surface area contributed by atoms with Crippen molar-refractivity contribution in [2.75, 3.05) is 0 Å². The van der Waals surface area contributed by atoms with E-state index in [4.69, 9.17) is 0 Å². The highest BCUT2D eigenvalue weighted by Gasteiger charge is 2.14. The third-order valence-electron chi connectivity index (χ3n) is 3.57. The van der Waals surface area contributed by atoms with Crippen LogP contribution < -0.4 is 5.32 Å². The predicted octanol–water partition coefficient (Wildman–Crippen LogP) is 3.34. The van der Waals surface area contributed by atoms with Gasteiger partial charge in [0.15, 0.2) is 0 Å². The Hall–Kier alpha value is -0.820. The molecule has 1 fully saturated rings. The Balaban J connectivity index is 1.97. The van der Waals surface area contributed by atoms with E-state index in [0.29, 0.717) is 0 Å². The van der Waals surface area contributed by atoms with Gasteiger partial charge in [-0.25, -0.2) is 0 Å². The van der Waals surface area contributed by atoms with Crippen molar-refractivity contribution < 1.29 is 0 Å². The van der Waals surface area contributed by atoms with Crippen molar-refractivity contribution in [2.45, 2.75) is 52.1 Å². The van der Waals surface area contributed by atoms with Crippen LogP contribution in [0.2, 0.25) is 0 Å². The molecule has 0 radical (unpaired) electrons. The van der Waals surface area contributed by atoms with E-state index >= 15 is 0 Å². The average molecular weight is 203 g/mol. The first-order valence-corrected chi connectivity index (χ1v) is 6.06. The van der Waals surface area contributed by atoms with E-state index < -0.39 is 0 Å². The quantitative estimate of drug-likeness (QED) is 0.794. The van der Waals surface area contributed by atoms with E-state index in [1.165, 1.54) is 42.4 Å². The summed E-state index contributed by atoms with van der Waals surface area (Å²) in [7, 11) is 0. The molecule has 0 aliphatic heterocycles. The minimum absolute atomic E-state index is 0.768. The third-order valence-corrected chi connectivity index (χ3v) is 3.57. The topological polar surface area (TPSA) is 12.0 Å². The minimum Gasteiger partial charge on any atom is -0.310 e. The van der Waals surface area contributed by atoms with Gasteiger partial charge in [-0.1, -0.05) is 31.0 Å². The molecule has 1 aliphatic carbocycles. The molecule has 1 aliphatic rings. The normalized spacial score (nSPS) is 17.2. The Morgan fingerprint density at radius 2 is 1.73 bits per heavy atom. The van der Waals surface area contributed by atoms with Crippen LogP contribution in [0, 0.1) is 13.8 Å². The van der Waals surface area contributed by atoms with Crippen LogP contribution in [0.15, 0.2) is 18.2 Å². The van der Waals surface area contributed by atoms with Crippen LogP contribution in [-0.2, 0) is 6.54 Å². The zero-order valence-corrected chi connectivity index (χ0v) is 9.84. The fraction of sp³-hybridized carbons (Fsp3) is 0.571. The lowest BCUT2D eigenvalue weighted by Gasteiger charge is -2.15. The van der Waals surface area contributed by atoms with Gasteiger partial charge in [0.2, 0.25) is 0 Å². The van der Waals surface area contributed by atoms with Gasteiger partial charge in [0.05, 0.1) is 0 Å². The highest BCUT2D eigenvalue weighted by Crippen LogP contribution is 2.19. The summed E-state index contributed by atoms with van der Waals surface area (Å²) < 4.78 is 0. The summed E-state index contributed by atoms with van der Waals surface area (Å²) in [6.45, 7) is 5.46. The summed E-state index contributed by atoms with van der Waals surface area (Å²) in [6, 6.07) is 7.32. The van der Waals surface area contributed by atoms with E-state index in [9.17, 15) is 0 Å². The second-order valence-electron chi connectivity index (χ2n) is 4.73. The summed E-state index contributed by atoms with van der Waals surface area (Å²) in [6.07, 6.45) is 5.55. The summed E-state index contributed by atoms with van der Waals surface area (Å²) in [5.74, 6) is 0. The molecule has 1 N–H and O–H groups in total. The zero-order valence-electron chi connectivity index (χ0n) is 9.84.